The second-order valence-electron chi connectivity index (χ2n) is 3.23. The molecule has 0 radical (unpaired) electrons. The van der Waals surface area contributed by atoms with Crippen LogP contribution in [0, 0.1) is 0 Å². The topological polar surface area (TPSA) is 39.7 Å². The van der Waals surface area contributed by atoms with Crippen LogP contribution in [0.5, 0.6) is 11.5 Å². The maximum Gasteiger partial charge on any atom is 0.264 e. The van der Waals surface area contributed by atoms with Crippen LogP contribution < -0.4 is 15.0 Å². The molecule has 0 fully saturated rings. The molecule has 6 heteroatoms. The van der Waals surface area contributed by atoms with Gasteiger partial charge in [-0.1, -0.05) is 0 Å². The monoisotopic (exact) mass is 231 g/mol. The molecular formula is C10H11F2NO3. The van der Waals surface area contributed by atoms with E-state index in [2.05, 4.69) is 10.3 Å². The highest BCUT2D eigenvalue weighted by atomic mass is 19.3. The zero-order chi connectivity index (χ0) is 11.5. The van der Waals surface area contributed by atoms with Crippen molar-refractivity contribution in [3.05, 3.63) is 23.3 Å². The van der Waals surface area contributed by atoms with E-state index in [1.54, 1.807) is 0 Å². The minimum absolute atomic E-state index is 0.0686. The van der Waals surface area contributed by atoms with Gasteiger partial charge in [0.25, 0.3) is 6.43 Å². The summed E-state index contributed by atoms with van der Waals surface area (Å²) in [4.78, 5) is 4.63. The minimum atomic E-state index is -2.55. The first-order valence-electron chi connectivity index (χ1n) is 4.68. The fraction of sp³-hybridized carbons (Fsp3) is 0.400. The number of halogens is 2. The lowest BCUT2D eigenvalue weighted by Gasteiger charge is -2.10. The number of alkyl halides is 2. The molecule has 0 spiro atoms. The Hall–Kier alpha value is -1.40. The Balaban J connectivity index is 2.32. The van der Waals surface area contributed by atoms with E-state index in [1.165, 1.54) is 19.2 Å². The summed E-state index contributed by atoms with van der Waals surface area (Å²) in [6.07, 6.45) is -2.55. The summed E-state index contributed by atoms with van der Waals surface area (Å²) in [7, 11) is 1.43. The molecule has 0 aliphatic carbocycles. The minimum Gasteiger partial charge on any atom is -0.454 e. The number of hydroxylamine groups is 1. The number of hydrogen-bond donors (Lipinski definition) is 1. The van der Waals surface area contributed by atoms with Crippen molar-refractivity contribution in [2.45, 2.75) is 13.0 Å². The smallest absolute Gasteiger partial charge is 0.264 e. The Morgan fingerprint density at radius 3 is 2.69 bits per heavy atom. The molecule has 0 unspecified atom stereocenters. The predicted molar refractivity (Wildman–Crippen MR) is 51.4 cm³/mol. The highest BCUT2D eigenvalue weighted by molar-refractivity contribution is 5.49. The van der Waals surface area contributed by atoms with Crippen molar-refractivity contribution < 1.29 is 23.1 Å². The molecule has 0 aromatic heterocycles. The second-order valence-corrected chi connectivity index (χ2v) is 3.23. The molecule has 1 aliphatic heterocycles. The number of ether oxygens (including phenoxy) is 2. The van der Waals surface area contributed by atoms with Gasteiger partial charge >= 0.3 is 0 Å². The molecule has 1 aromatic carbocycles. The molecule has 0 saturated carbocycles. The van der Waals surface area contributed by atoms with Gasteiger partial charge in [-0.25, -0.2) is 8.78 Å². The number of hydrogen-bond acceptors (Lipinski definition) is 4. The molecule has 0 bridgehead atoms. The highest BCUT2D eigenvalue weighted by Crippen LogP contribution is 2.37. The first kappa shape index (κ1) is 11.1. The van der Waals surface area contributed by atoms with E-state index in [-0.39, 0.29) is 18.9 Å². The van der Waals surface area contributed by atoms with E-state index in [9.17, 15) is 8.78 Å². The average molecular weight is 231 g/mol. The fourth-order valence-electron chi connectivity index (χ4n) is 1.51. The predicted octanol–water partition coefficient (Wildman–Crippen LogP) is 2.00. The summed E-state index contributed by atoms with van der Waals surface area (Å²) >= 11 is 0. The Kier molecular flexibility index (Phi) is 3.21. The number of benzene rings is 1. The Morgan fingerprint density at radius 1 is 1.38 bits per heavy atom. The molecule has 0 atom stereocenters. The lowest BCUT2D eigenvalue weighted by molar-refractivity contribution is 0.0848. The maximum atomic E-state index is 12.8. The van der Waals surface area contributed by atoms with Crippen molar-refractivity contribution in [2.75, 3.05) is 13.9 Å². The summed E-state index contributed by atoms with van der Waals surface area (Å²) in [5, 5.41) is 0. The van der Waals surface area contributed by atoms with Gasteiger partial charge in [-0.15, -0.1) is 0 Å². The van der Waals surface area contributed by atoms with Crippen LogP contribution in [0.3, 0.4) is 0 Å². The third-order valence-corrected chi connectivity index (χ3v) is 2.28. The molecule has 1 aliphatic rings. The molecule has 0 amide bonds. The second kappa shape index (κ2) is 4.63. The van der Waals surface area contributed by atoms with Crippen molar-refractivity contribution in [1.82, 2.24) is 5.48 Å². The van der Waals surface area contributed by atoms with Crippen LogP contribution in [0.4, 0.5) is 8.78 Å². The largest absolute Gasteiger partial charge is 0.454 e. The quantitative estimate of drug-likeness (QED) is 0.804. The van der Waals surface area contributed by atoms with Crippen LogP contribution in [-0.2, 0) is 11.4 Å². The first-order chi connectivity index (χ1) is 7.72. The van der Waals surface area contributed by atoms with E-state index in [0.717, 1.165) is 0 Å². The van der Waals surface area contributed by atoms with E-state index in [0.29, 0.717) is 17.1 Å². The number of rotatable bonds is 4. The van der Waals surface area contributed by atoms with Crippen LogP contribution in [0.1, 0.15) is 17.6 Å². The van der Waals surface area contributed by atoms with E-state index in [4.69, 9.17) is 9.47 Å². The summed E-state index contributed by atoms with van der Waals surface area (Å²) in [5.74, 6) is 0.841. The molecule has 0 saturated heterocycles. The zero-order valence-corrected chi connectivity index (χ0v) is 8.63. The lowest BCUT2D eigenvalue weighted by atomic mass is 10.1. The Morgan fingerprint density at radius 2 is 2.06 bits per heavy atom. The van der Waals surface area contributed by atoms with Crippen LogP contribution in [0.15, 0.2) is 12.1 Å². The van der Waals surface area contributed by atoms with Crippen LogP contribution in [0.2, 0.25) is 0 Å². The van der Waals surface area contributed by atoms with Crippen LogP contribution >= 0.6 is 0 Å². The van der Waals surface area contributed by atoms with Gasteiger partial charge in [0.15, 0.2) is 11.5 Å². The van der Waals surface area contributed by atoms with E-state index < -0.39 is 6.43 Å². The Labute approximate surface area is 91.1 Å². The third kappa shape index (κ3) is 2.07. The van der Waals surface area contributed by atoms with Crippen molar-refractivity contribution in [3.8, 4) is 11.5 Å². The van der Waals surface area contributed by atoms with Gasteiger partial charge in [0.2, 0.25) is 6.79 Å². The average Bonchev–Trinajstić information content (AvgIpc) is 2.71. The summed E-state index contributed by atoms with van der Waals surface area (Å²) < 4.78 is 35.7. The van der Waals surface area contributed by atoms with Gasteiger partial charge in [0.05, 0.1) is 7.11 Å². The fourth-order valence-corrected chi connectivity index (χ4v) is 1.51. The third-order valence-electron chi connectivity index (χ3n) is 2.28. The van der Waals surface area contributed by atoms with Gasteiger partial charge in [-0.2, -0.15) is 5.48 Å². The molecule has 16 heavy (non-hydrogen) atoms. The molecule has 1 aromatic rings. The summed E-state index contributed by atoms with van der Waals surface area (Å²) in [6.45, 7) is 0.256. The van der Waals surface area contributed by atoms with Gasteiger partial charge in [-0.3, -0.25) is 0 Å². The zero-order valence-electron chi connectivity index (χ0n) is 8.63. The van der Waals surface area contributed by atoms with Crippen molar-refractivity contribution >= 4 is 0 Å². The molecule has 2 rings (SSSR count). The molecule has 1 heterocycles. The van der Waals surface area contributed by atoms with Crippen LogP contribution in [0.25, 0.3) is 0 Å². The van der Waals surface area contributed by atoms with Gasteiger partial charge in [0, 0.05) is 12.1 Å². The van der Waals surface area contributed by atoms with Crippen LogP contribution in [-0.4, -0.2) is 13.9 Å². The van der Waals surface area contributed by atoms with Gasteiger partial charge in [0.1, 0.15) is 0 Å². The number of nitrogens with one attached hydrogen (secondary N) is 1. The molecular weight excluding hydrogens is 220 g/mol. The van der Waals surface area contributed by atoms with Gasteiger partial charge < -0.3 is 14.3 Å². The van der Waals surface area contributed by atoms with Crippen molar-refractivity contribution in [3.63, 3.8) is 0 Å². The maximum absolute atomic E-state index is 12.8. The first-order valence-corrected chi connectivity index (χ1v) is 4.68. The van der Waals surface area contributed by atoms with E-state index in [1.807, 2.05) is 0 Å². The Bertz CT molecular complexity index is 385. The standard InChI is InChI=1S/C10H11F2NO3/c1-14-13-4-6-2-8-9(16-5-15-8)3-7(6)10(11)12/h2-3,10,13H,4-5H2,1H3. The summed E-state index contributed by atoms with van der Waals surface area (Å²) in [6, 6.07) is 2.84. The van der Waals surface area contributed by atoms with Crippen molar-refractivity contribution in [2.24, 2.45) is 0 Å². The van der Waals surface area contributed by atoms with Gasteiger partial charge in [-0.05, 0) is 17.7 Å². The van der Waals surface area contributed by atoms with Crippen molar-refractivity contribution in [1.29, 1.82) is 0 Å². The lowest BCUT2D eigenvalue weighted by Crippen LogP contribution is -2.12. The highest BCUT2D eigenvalue weighted by Gasteiger charge is 2.21. The normalized spacial score (nSPS) is 13.5. The molecule has 1 N–H and O–H groups in total. The van der Waals surface area contributed by atoms with E-state index >= 15 is 0 Å². The molecule has 88 valence electrons. The number of fused-ring (bicyclic) bond motifs is 1. The molecule has 4 nitrogen and oxygen atoms in total. The summed E-state index contributed by atoms with van der Waals surface area (Å²) in [5.41, 5.74) is 2.88. The SMILES string of the molecule is CONCc1cc2c(cc1C(F)F)OCO2.